The highest BCUT2D eigenvalue weighted by Crippen LogP contribution is 2.22. The number of aromatic nitrogens is 1. The van der Waals surface area contributed by atoms with Gasteiger partial charge in [0, 0.05) is 23.5 Å². The Kier molecular flexibility index (Phi) is 5.71. The van der Waals surface area contributed by atoms with Crippen LogP contribution in [0.25, 0.3) is 0 Å². The van der Waals surface area contributed by atoms with E-state index in [4.69, 9.17) is 4.74 Å². The summed E-state index contributed by atoms with van der Waals surface area (Å²) in [7, 11) is 0. The second kappa shape index (κ2) is 7.74. The summed E-state index contributed by atoms with van der Waals surface area (Å²) in [6.07, 6.45) is 3.10. The molecule has 5 heteroatoms. The number of ether oxygens (including phenoxy) is 1. The van der Waals surface area contributed by atoms with Gasteiger partial charge >= 0.3 is 0 Å². The van der Waals surface area contributed by atoms with Gasteiger partial charge in [0.1, 0.15) is 18.1 Å². The monoisotopic (exact) mass is 314 g/mol. The van der Waals surface area contributed by atoms with Gasteiger partial charge in [-0.25, -0.2) is 0 Å². The molecule has 0 saturated carbocycles. The number of hydrogen-bond donors (Lipinski definition) is 2. The molecule has 122 valence electrons. The van der Waals surface area contributed by atoms with Crippen LogP contribution in [0.4, 0.5) is 0 Å². The number of aromatic hydroxyl groups is 1. The zero-order valence-electron chi connectivity index (χ0n) is 13.7. The molecule has 0 saturated heterocycles. The van der Waals surface area contributed by atoms with Crippen molar-refractivity contribution in [3.63, 3.8) is 0 Å². The Morgan fingerprint density at radius 2 is 2.04 bits per heavy atom. The topological polar surface area (TPSA) is 74.9 Å². The number of nitrogens with zero attached hydrogens (tertiary/aromatic N) is 2. The van der Waals surface area contributed by atoms with Gasteiger partial charge < -0.3 is 14.9 Å². The van der Waals surface area contributed by atoms with E-state index >= 15 is 0 Å². The highest BCUT2D eigenvalue weighted by atomic mass is 16.5. The van der Waals surface area contributed by atoms with Crippen LogP contribution >= 0.6 is 0 Å². The van der Waals surface area contributed by atoms with Gasteiger partial charge in [-0.3, -0.25) is 9.98 Å². The van der Waals surface area contributed by atoms with E-state index in [0.717, 1.165) is 11.3 Å². The highest BCUT2D eigenvalue weighted by Gasteiger charge is 2.08. The smallest absolute Gasteiger partial charge is 0.145 e. The average Bonchev–Trinajstić information content (AvgIpc) is 2.53. The summed E-state index contributed by atoms with van der Waals surface area (Å²) in [6.45, 7) is 6.47. The number of aliphatic hydroxyl groups excluding tert-OH is 1. The maximum absolute atomic E-state index is 10.0. The zero-order valence-corrected chi connectivity index (χ0v) is 13.7. The third-order valence-electron chi connectivity index (χ3n) is 3.56. The van der Waals surface area contributed by atoms with Gasteiger partial charge in [-0.05, 0) is 32.4 Å². The van der Waals surface area contributed by atoms with Crippen molar-refractivity contribution in [1.82, 2.24) is 4.98 Å². The summed E-state index contributed by atoms with van der Waals surface area (Å²) in [5.74, 6) is 0.903. The van der Waals surface area contributed by atoms with Crippen LogP contribution in [0.5, 0.6) is 11.5 Å². The van der Waals surface area contributed by atoms with Crippen LogP contribution in [0, 0.1) is 20.8 Å². The van der Waals surface area contributed by atoms with E-state index in [9.17, 15) is 10.2 Å². The molecular weight excluding hydrogens is 292 g/mol. The number of aliphatic imine (C=N–C) groups is 1. The van der Waals surface area contributed by atoms with Gasteiger partial charge in [0.2, 0.25) is 0 Å². The summed E-state index contributed by atoms with van der Waals surface area (Å²) in [5, 5.41) is 19.3. The molecule has 0 spiro atoms. The fourth-order valence-corrected chi connectivity index (χ4v) is 2.25. The van der Waals surface area contributed by atoms with Gasteiger partial charge in [-0.1, -0.05) is 17.7 Å². The van der Waals surface area contributed by atoms with E-state index in [1.165, 1.54) is 5.56 Å². The molecule has 0 bridgehead atoms. The van der Waals surface area contributed by atoms with E-state index in [-0.39, 0.29) is 12.4 Å². The molecule has 0 aliphatic heterocycles. The largest absolute Gasteiger partial charge is 0.505 e. The van der Waals surface area contributed by atoms with E-state index < -0.39 is 0 Å². The van der Waals surface area contributed by atoms with Crippen molar-refractivity contribution in [3.05, 3.63) is 52.3 Å². The molecule has 23 heavy (non-hydrogen) atoms. The van der Waals surface area contributed by atoms with Crippen molar-refractivity contribution in [2.75, 3.05) is 13.2 Å². The standard InChI is InChI=1S/C18H22N2O3/c1-12-4-5-17(13(2)8-12)23-7-6-19-10-16-15(11-21)9-20-14(3)18(16)22/h4-5,8-10,21-22H,6-7,11H2,1-3H3. The maximum Gasteiger partial charge on any atom is 0.145 e. The molecule has 2 aromatic rings. The Labute approximate surface area is 136 Å². The second-order valence-corrected chi connectivity index (χ2v) is 5.44. The number of benzene rings is 1. The van der Waals surface area contributed by atoms with E-state index in [0.29, 0.717) is 30.0 Å². The molecule has 2 N–H and O–H groups in total. The van der Waals surface area contributed by atoms with Crippen LogP contribution in [0.15, 0.2) is 29.4 Å². The summed E-state index contributed by atoms with van der Waals surface area (Å²) in [4.78, 5) is 8.28. The quantitative estimate of drug-likeness (QED) is 0.635. The first-order chi connectivity index (χ1) is 11.0. The van der Waals surface area contributed by atoms with Crippen molar-refractivity contribution >= 4 is 6.21 Å². The predicted octanol–water partition coefficient (Wildman–Crippen LogP) is 2.70. The number of pyridine rings is 1. The lowest BCUT2D eigenvalue weighted by Crippen LogP contribution is -2.03. The summed E-state index contributed by atoms with van der Waals surface area (Å²) in [5.41, 5.74) is 3.86. The number of rotatable bonds is 6. The molecule has 0 atom stereocenters. The van der Waals surface area contributed by atoms with Crippen molar-refractivity contribution in [2.45, 2.75) is 27.4 Å². The minimum atomic E-state index is -0.193. The summed E-state index contributed by atoms with van der Waals surface area (Å²) >= 11 is 0. The van der Waals surface area contributed by atoms with Crippen molar-refractivity contribution in [1.29, 1.82) is 0 Å². The molecule has 0 fully saturated rings. The first kappa shape index (κ1) is 17.0. The predicted molar refractivity (Wildman–Crippen MR) is 90.4 cm³/mol. The molecule has 1 heterocycles. The highest BCUT2D eigenvalue weighted by molar-refractivity contribution is 5.85. The fourth-order valence-electron chi connectivity index (χ4n) is 2.25. The number of hydrogen-bond acceptors (Lipinski definition) is 5. The van der Waals surface area contributed by atoms with Crippen LogP contribution in [0.3, 0.4) is 0 Å². The summed E-state index contributed by atoms with van der Waals surface area (Å²) < 4.78 is 5.70. The lowest BCUT2D eigenvalue weighted by atomic mass is 10.1. The van der Waals surface area contributed by atoms with Gasteiger partial charge in [0.25, 0.3) is 0 Å². The summed E-state index contributed by atoms with van der Waals surface area (Å²) in [6, 6.07) is 6.04. The van der Waals surface area contributed by atoms with E-state index in [2.05, 4.69) is 16.0 Å². The van der Waals surface area contributed by atoms with E-state index in [1.54, 1.807) is 19.3 Å². The SMILES string of the molecule is Cc1ccc(OCCN=Cc2c(CO)cnc(C)c2O)c(C)c1. The maximum atomic E-state index is 10.0. The van der Waals surface area contributed by atoms with Crippen LogP contribution < -0.4 is 4.74 Å². The van der Waals surface area contributed by atoms with Crippen LogP contribution in [-0.2, 0) is 6.61 Å². The molecule has 5 nitrogen and oxygen atoms in total. The normalized spacial score (nSPS) is 11.1. The average molecular weight is 314 g/mol. The number of aryl methyl sites for hydroxylation is 3. The van der Waals surface area contributed by atoms with Gasteiger partial charge in [-0.15, -0.1) is 0 Å². The minimum Gasteiger partial charge on any atom is -0.505 e. The molecule has 1 aromatic heterocycles. The second-order valence-electron chi connectivity index (χ2n) is 5.44. The van der Waals surface area contributed by atoms with Crippen LogP contribution in [0.2, 0.25) is 0 Å². The molecule has 2 rings (SSSR count). The molecular formula is C18H22N2O3. The van der Waals surface area contributed by atoms with Crippen molar-refractivity contribution < 1.29 is 14.9 Å². The fraction of sp³-hybridized carbons (Fsp3) is 0.333. The minimum absolute atomic E-state index is 0.0515. The van der Waals surface area contributed by atoms with Crippen LogP contribution in [-0.4, -0.2) is 34.6 Å². The lowest BCUT2D eigenvalue weighted by molar-refractivity contribution is 0.280. The first-order valence-corrected chi connectivity index (χ1v) is 7.51. The van der Waals surface area contributed by atoms with Crippen LogP contribution in [0.1, 0.15) is 27.9 Å². The molecule has 0 aliphatic rings. The van der Waals surface area contributed by atoms with Crippen molar-refractivity contribution in [3.8, 4) is 11.5 Å². The first-order valence-electron chi connectivity index (χ1n) is 7.51. The Hall–Kier alpha value is -2.40. The van der Waals surface area contributed by atoms with Gasteiger partial charge in [0.15, 0.2) is 0 Å². The van der Waals surface area contributed by atoms with Gasteiger partial charge in [0.05, 0.1) is 18.8 Å². The third-order valence-corrected chi connectivity index (χ3v) is 3.56. The lowest BCUT2D eigenvalue weighted by Gasteiger charge is -2.09. The molecule has 0 unspecified atom stereocenters. The Morgan fingerprint density at radius 1 is 1.26 bits per heavy atom. The molecule has 0 amide bonds. The Bertz CT molecular complexity index is 712. The zero-order chi connectivity index (χ0) is 16.8. The molecule has 0 aliphatic carbocycles. The van der Waals surface area contributed by atoms with Crippen molar-refractivity contribution in [2.24, 2.45) is 4.99 Å². The van der Waals surface area contributed by atoms with Gasteiger partial charge in [-0.2, -0.15) is 0 Å². The third kappa shape index (κ3) is 4.29. The Balaban J connectivity index is 1.96. The molecule has 1 aromatic carbocycles. The molecule has 0 radical (unpaired) electrons. The van der Waals surface area contributed by atoms with E-state index in [1.807, 2.05) is 26.0 Å². The Morgan fingerprint density at radius 3 is 2.74 bits per heavy atom. The number of aliphatic hydroxyl groups is 1.